The molecule has 106 valence electrons. The van der Waals surface area contributed by atoms with Gasteiger partial charge in [0.2, 0.25) is 0 Å². The van der Waals surface area contributed by atoms with Gasteiger partial charge >= 0.3 is 59.1 Å². The van der Waals surface area contributed by atoms with Crippen molar-refractivity contribution in [2.24, 2.45) is 0 Å². The Kier molecular flexibility index (Phi) is 7.37. The van der Waals surface area contributed by atoms with Crippen molar-refractivity contribution in [1.82, 2.24) is 0 Å². The minimum absolute atomic E-state index is 0. The Morgan fingerprint density at radius 1 is 0.857 bits per heavy atom. The fourth-order valence-electron chi connectivity index (χ4n) is 1.68. The summed E-state index contributed by atoms with van der Waals surface area (Å²) in [5, 5.41) is 0.270. The van der Waals surface area contributed by atoms with E-state index in [0.29, 0.717) is 6.07 Å². The van der Waals surface area contributed by atoms with Gasteiger partial charge in [0.1, 0.15) is 4.90 Å². The van der Waals surface area contributed by atoms with Gasteiger partial charge in [0.15, 0.2) is 0 Å². The molecule has 0 amide bonds. The van der Waals surface area contributed by atoms with E-state index < -0.39 is 30.0 Å². The number of anilines is 1. The van der Waals surface area contributed by atoms with Crippen molar-refractivity contribution in [3.8, 4) is 0 Å². The number of nitrogen functional groups attached to an aromatic ring is 1. The van der Waals surface area contributed by atoms with Crippen LogP contribution in [0.2, 0.25) is 0 Å². The number of fused-ring (bicyclic) bond motifs is 1. The SMILES string of the molecule is Nc1ccc2cc(S(=O)(=O)O)cc(S(=O)(=O)O)c2c1.[NaH].[NaH]. The monoisotopic (exact) mass is 351 g/mol. The fraction of sp³-hybridized carbons (Fsp3) is 0. The molecule has 4 N–H and O–H groups in total. The molecule has 0 bridgehead atoms. The summed E-state index contributed by atoms with van der Waals surface area (Å²) in [6.07, 6.45) is 0. The van der Waals surface area contributed by atoms with Gasteiger partial charge in [-0.15, -0.1) is 0 Å². The molecule has 2 aromatic rings. The second-order valence-electron chi connectivity index (χ2n) is 3.85. The molecule has 21 heavy (non-hydrogen) atoms. The van der Waals surface area contributed by atoms with Crippen molar-refractivity contribution in [3.05, 3.63) is 30.3 Å². The summed E-state index contributed by atoms with van der Waals surface area (Å²) >= 11 is 0. The summed E-state index contributed by atoms with van der Waals surface area (Å²) < 4.78 is 62.8. The standard InChI is InChI=1S/C10H9NO6S2.2Na.2H/c11-7-2-1-6-3-8(18(12,13)14)5-10(9(6)4-7)19(15,16)17;;;;/h1-5H,11H2,(H,12,13,14)(H,15,16,17);;;;. The van der Waals surface area contributed by atoms with Crippen molar-refractivity contribution < 1.29 is 25.9 Å². The van der Waals surface area contributed by atoms with Crippen LogP contribution in [0.1, 0.15) is 0 Å². The third kappa shape index (κ3) is 4.90. The molecule has 0 aliphatic rings. The van der Waals surface area contributed by atoms with Crippen LogP contribution in [0.15, 0.2) is 40.1 Å². The van der Waals surface area contributed by atoms with Crippen molar-refractivity contribution in [2.75, 3.05) is 5.73 Å². The Hall–Kier alpha value is 0.320. The average molecular weight is 351 g/mol. The zero-order chi connectivity index (χ0) is 14.4. The molecule has 0 heterocycles. The first-order valence-electron chi connectivity index (χ1n) is 4.87. The number of hydrogen-bond donors (Lipinski definition) is 3. The Bertz CT molecular complexity index is 880. The number of benzene rings is 2. The Morgan fingerprint density at radius 3 is 1.90 bits per heavy atom. The number of rotatable bonds is 2. The summed E-state index contributed by atoms with van der Waals surface area (Å²) in [6.45, 7) is 0. The van der Waals surface area contributed by atoms with Crippen LogP contribution in [-0.2, 0) is 20.2 Å². The van der Waals surface area contributed by atoms with Crippen molar-refractivity contribution in [1.29, 1.82) is 0 Å². The van der Waals surface area contributed by atoms with Crippen LogP contribution in [0.5, 0.6) is 0 Å². The maximum absolute atomic E-state index is 11.3. The second-order valence-corrected chi connectivity index (χ2v) is 6.66. The Balaban J connectivity index is 0.00000200. The van der Waals surface area contributed by atoms with Crippen LogP contribution >= 0.6 is 0 Å². The van der Waals surface area contributed by atoms with Gasteiger partial charge in [0, 0.05) is 11.1 Å². The van der Waals surface area contributed by atoms with Gasteiger partial charge in [-0.2, -0.15) is 16.8 Å². The Labute approximate surface area is 166 Å². The summed E-state index contributed by atoms with van der Waals surface area (Å²) in [5.74, 6) is 0. The predicted octanol–water partition coefficient (Wildman–Crippen LogP) is -0.382. The molecule has 2 rings (SSSR count). The summed E-state index contributed by atoms with van der Waals surface area (Å²) in [6, 6.07) is 5.86. The van der Waals surface area contributed by atoms with Gasteiger partial charge in [-0.1, -0.05) is 6.07 Å². The topological polar surface area (TPSA) is 135 Å². The zero-order valence-electron chi connectivity index (χ0n) is 9.31. The molecule has 11 heteroatoms. The molecule has 0 saturated heterocycles. The van der Waals surface area contributed by atoms with Crippen molar-refractivity contribution >= 4 is 95.8 Å². The van der Waals surface area contributed by atoms with E-state index in [-0.39, 0.29) is 75.6 Å². The van der Waals surface area contributed by atoms with E-state index in [1.54, 1.807) is 0 Å². The van der Waals surface area contributed by atoms with E-state index in [2.05, 4.69) is 0 Å². The molecule has 7 nitrogen and oxygen atoms in total. The first-order valence-corrected chi connectivity index (χ1v) is 7.75. The van der Waals surface area contributed by atoms with E-state index in [0.717, 1.165) is 6.07 Å². The van der Waals surface area contributed by atoms with Crippen LogP contribution in [-0.4, -0.2) is 85.1 Å². The molecule has 0 atom stereocenters. The van der Waals surface area contributed by atoms with E-state index in [9.17, 15) is 16.8 Å². The molecule has 0 aromatic heterocycles. The van der Waals surface area contributed by atoms with Crippen LogP contribution in [0.4, 0.5) is 5.69 Å². The molecular formula is C10H11NNa2O6S2. The molecule has 2 aromatic carbocycles. The number of hydrogen-bond acceptors (Lipinski definition) is 5. The first-order chi connectivity index (χ1) is 8.59. The minimum atomic E-state index is -4.66. The van der Waals surface area contributed by atoms with E-state index in [4.69, 9.17) is 14.8 Å². The normalized spacial score (nSPS) is 11.5. The van der Waals surface area contributed by atoms with Gasteiger partial charge in [0.05, 0.1) is 4.90 Å². The molecular weight excluding hydrogens is 340 g/mol. The third-order valence-electron chi connectivity index (χ3n) is 2.49. The van der Waals surface area contributed by atoms with Gasteiger partial charge in [-0.25, -0.2) is 0 Å². The predicted molar refractivity (Wildman–Crippen MR) is 82.3 cm³/mol. The van der Waals surface area contributed by atoms with Crippen LogP contribution in [0.3, 0.4) is 0 Å². The van der Waals surface area contributed by atoms with Crippen molar-refractivity contribution in [2.45, 2.75) is 9.79 Å². The Morgan fingerprint density at radius 2 is 1.43 bits per heavy atom. The van der Waals surface area contributed by atoms with Crippen LogP contribution in [0, 0.1) is 0 Å². The molecule has 0 aliphatic heterocycles. The van der Waals surface area contributed by atoms with Gasteiger partial charge in [0.25, 0.3) is 20.2 Å². The fourth-order valence-corrected chi connectivity index (χ4v) is 3.03. The second kappa shape index (κ2) is 7.26. The summed E-state index contributed by atoms with van der Waals surface area (Å²) in [7, 11) is -9.25. The van der Waals surface area contributed by atoms with E-state index in [1.165, 1.54) is 18.2 Å². The van der Waals surface area contributed by atoms with Crippen molar-refractivity contribution in [3.63, 3.8) is 0 Å². The molecule has 0 radical (unpaired) electrons. The number of nitrogens with two attached hydrogens (primary N) is 1. The molecule has 0 fully saturated rings. The molecule has 0 spiro atoms. The average Bonchev–Trinajstić information content (AvgIpc) is 2.24. The van der Waals surface area contributed by atoms with Gasteiger partial charge in [-0.3, -0.25) is 9.11 Å². The molecule has 0 unspecified atom stereocenters. The van der Waals surface area contributed by atoms with E-state index in [1.807, 2.05) is 0 Å². The maximum atomic E-state index is 11.3. The summed E-state index contributed by atoms with van der Waals surface area (Å²) in [5.41, 5.74) is 5.76. The van der Waals surface area contributed by atoms with Gasteiger partial charge in [-0.05, 0) is 29.7 Å². The van der Waals surface area contributed by atoms with Crippen LogP contribution < -0.4 is 5.73 Å². The zero-order valence-corrected chi connectivity index (χ0v) is 10.9. The quantitative estimate of drug-likeness (QED) is 0.381. The molecule has 0 saturated carbocycles. The van der Waals surface area contributed by atoms with Gasteiger partial charge < -0.3 is 5.73 Å². The third-order valence-corrected chi connectivity index (χ3v) is 4.21. The molecule has 0 aliphatic carbocycles. The summed E-state index contributed by atoms with van der Waals surface area (Å²) in [4.78, 5) is -1.26. The van der Waals surface area contributed by atoms with E-state index >= 15 is 0 Å². The van der Waals surface area contributed by atoms with Crippen LogP contribution in [0.25, 0.3) is 10.8 Å². The first kappa shape index (κ1) is 21.3.